The molecule has 2 heterocycles. The van der Waals surface area contributed by atoms with Crippen LogP contribution in [0.4, 0.5) is 0 Å². The van der Waals surface area contributed by atoms with Crippen LogP contribution in [0, 0.1) is 30.1 Å². The van der Waals surface area contributed by atoms with Crippen LogP contribution in [0.3, 0.4) is 0 Å². The fourth-order valence-corrected chi connectivity index (χ4v) is 4.80. The number of nitrogens with zero attached hydrogens (tertiary/aromatic N) is 2. The molecule has 0 amide bonds. The van der Waals surface area contributed by atoms with Crippen LogP contribution in [-0.4, -0.2) is 34.4 Å². The van der Waals surface area contributed by atoms with Crippen molar-refractivity contribution in [2.24, 2.45) is 11.8 Å². The van der Waals surface area contributed by atoms with Gasteiger partial charge in [-0.3, -0.25) is 14.3 Å². The second kappa shape index (κ2) is 6.57. The van der Waals surface area contributed by atoms with Crippen LogP contribution in [0.25, 0.3) is 4.85 Å². The number of hydrogen-bond acceptors (Lipinski definition) is 5. The Bertz CT molecular complexity index is 885. The van der Waals surface area contributed by atoms with E-state index in [1.54, 1.807) is 17.7 Å². The number of rotatable bonds is 6. The highest BCUT2D eigenvalue weighted by atomic mass is 32.1. The van der Waals surface area contributed by atoms with E-state index in [0.29, 0.717) is 35.8 Å². The molecule has 7 nitrogen and oxygen atoms in total. The maximum atomic E-state index is 11.7. The topological polar surface area (TPSA) is 69.8 Å². The van der Waals surface area contributed by atoms with Gasteiger partial charge < -0.3 is 18.6 Å². The molecule has 0 spiro atoms. The predicted octanol–water partition coefficient (Wildman–Crippen LogP) is 2.74. The van der Waals surface area contributed by atoms with Gasteiger partial charge in [-0.2, -0.15) is 0 Å². The van der Waals surface area contributed by atoms with E-state index in [0.717, 1.165) is 12.8 Å². The largest absolute Gasteiger partial charge is 0.351 e. The van der Waals surface area contributed by atoms with Crippen molar-refractivity contribution < 1.29 is 15.2 Å². The zero-order chi connectivity index (χ0) is 18.5. The lowest BCUT2D eigenvalue weighted by Gasteiger charge is -2.29. The van der Waals surface area contributed by atoms with Crippen LogP contribution >= 0.6 is 21.3 Å². The second-order valence-corrected chi connectivity index (χ2v) is 7.86. The summed E-state index contributed by atoms with van der Waals surface area (Å²) in [5, 5.41) is 0. The molecular weight excluding hydrogens is 361 g/mol. The Hall–Kier alpha value is -1.10. The SMILES string of the molecule is [2H][C@]12C[C@H]1C[C@]1(OPOCC[N+]#[C-])C[C@H](n3cc(C)c(=O)[nH]c3=S)O[C@@H]12. The van der Waals surface area contributed by atoms with Crippen LogP contribution in [0.15, 0.2) is 11.0 Å². The van der Waals surface area contributed by atoms with Gasteiger partial charge in [0.05, 0.1) is 6.10 Å². The van der Waals surface area contributed by atoms with E-state index in [1.165, 1.54) is 0 Å². The van der Waals surface area contributed by atoms with E-state index in [9.17, 15) is 4.79 Å². The Morgan fingerprint density at radius 2 is 2.52 bits per heavy atom. The molecule has 3 aliphatic rings. The average molecular weight is 382 g/mol. The van der Waals surface area contributed by atoms with Gasteiger partial charge in [0.2, 0.25) is 6.54 Å². The Kier molecular flexibility index (Phi) is 4.23. The standard InChI is InChI=1S/C16H20N3O4PS/c1-9-8-19(15(25)18-14(9)20)12-7-16(23-24-21-4-3-17-2)6-10-5-11(10)13(16)22-12/h8,10-13,24H,3-7H2,1H3,(H,18,20,25)/t10-,11-,12+,13+,16-/m0/s1/i11D. The predicted molar refractivity (Wildman–Crippen MR) is 94.9 cm³/mol. The fourth-order valence-electron chi connectivity index (χ4n) is 3.86. The molecule has 6 atom stereocenters. The van der Waals surface area contributed by atoms with E-state index in [4.69, 9.17) is 33.9 Å². The molecule has 3 fully saturated rings. The highest BCUT2D eigenvalue weighted by molar-refractivity contribution is 7.71. The number of H-pyrrole nitrogens is 1. The number of nitrogens with one attached hydrogen (secondary N) is 1. The zero-order valence-electron chi connectivity index (χ0n) is 14.8. The van der Waals surface area contributed by atoms with Crippen LogP contribution in [-0.2, 0) is 13.8 Å². The van der Waals surface area contributed by atoms with Crippen LogP contribution < -0.4 is 5.56 Å². The van der Waals surface area contributed by atoms with Gasteiger partial charge in [0, 0.05) is 19.6 Å². The smallest absolute Gasteiger partial charge is 0.254 e. The molecule has 2 aliphatic carbocycles. The van der Waals surface area contributed by atoms with Gasteiger partial charge in [-0.15, -0.1) is 0 Å². The fraction of sp³-hybridized carbons (Fsp3) is 0.688. The number of aromatic nitrogens is 2. The van der Waals surface area contributed by atoms with Crippen LogP contribution in [0.2, 0.25) is 0 Å². The summed E-state index contributed by atoms with van der Waals surface area (Å²) in [7, 11) is -0.183. The summed E-state index contributed by atoms with van der Waals surface area (Å²) in [6.45, 7) is 9.15. The van der Waals surface area contributed by atoms with E-state index in [2.05, 4.69) is 9.83 Å². The van der Waals surface area contributed by atoms with Crippen molar-refractivity contribution in [2.45, 2.75) is 44.1 Å². The molecule has 25 heavy (non-hydrogen) atoms. The number of ether oxygens (including phenoxy) is 1. The van der Waals surface area contributed by atoms with Gasteiger partial charge >= 0.3 is 0 Å². The van der Waals surface area contributed by atoms with E-state index in [-0.39, 0.29) is 26.9 Å². The minimum Gasteiger partial charge on any atom is -0.351 e. The van der Waals surface area contributed by atoms with Gasteiger partial charge in [-0.05, 0) is 43.8 Å². The van der Waals surface area contributed by atoms with E-state index >= 15 is 0 Å². The summed E-state index contributed by atoms with van der Waals surface area (Å²) in [6.07, 6.45) is 3.15. The average Bonchev–Trinajstić information content (AvgIpc) is 2.98. The lowest BCUT2D eigenvalue weighted by atomic mass is 9.93. The van der Waals surface area contributed by atoms with Gasteiger partial charge in [0.15, 0.2) is 13.8 Å². The molecule has 1 saturated heterocycles. The lowest BCUT2D eigenvalue weighted by molar-refractivity contribution is -0.0440. The summed E-state index contributed by atoms with van der Waals surface area (Å²) in [5.41, 5.74) is -0.210. The molecule has 134 valence electrons. The van der Waals surface area contributed by atoms with Gasteiger partial charge in [0.1, 0.15) is 18.4 Å². The summed E-state index contributed by atoms with van der Waals surface area (Å²) in [6, 6.07) is 0. The Morgan fingerprint density at radius 1 is 1.68 bits per heavy atom. The molecule has 0 bridgehead atoms. The quantitative estimate of drug-likeness (QED) is 0.355. The van der Waals surface area contributed by atoms with Crippen molar-refractivity contribution in [3.63, 3.8) is 0 Å². The first-order chi connectivity index (χ1) is 12.4. The summed E-state index contributed by atoms with van der Waals surface area (Å²) >= 11 is 5.30. The zero-order valence-corrected chi connectivity index (χ0v) is 15.6. The Morgan fingerprint density at radius 3 is 3.32 bits per heavy atom. The van der Waals surface area contributed by atoms with Crippen LogP contribution in [0.5, 0.6) is 0 Å². The summed E-state index contributed by atoms with van der Waals surface area (Å²) < 4.78 is 28.5. The number of aryl methyl sites for hydroxylation is 1. The lowest BCUT2D eigenvalue weighted by Crippen LogP contribution is -2.36. The highest BCUT2D eigenvalue weighted by Gasteiger charge is 2.67. The van der Waals surface area contributed by atoms with Crippen molar-refractivity contribution in [1.82, 2.24) is 9.55 Å². The Labute approximate surface area is 153 Å². The minimum absolute atomic E-state index is 0.183. The van der Waals surface area contributed by atoms with Crippen molar-refractivity contribution in [3.8, 4) is 0 Å². The molecule has 9 heteroatoms. The maximum absolute atomic E-state index is 11.7. The molecule has 4 rings (SSSR count). The third-order valence-electron chi connectivity index (χ3n) is 5.13. The minimum atomic E-state index is -0.602. The summed E-state index contributed by atoms with van der Waals surface area (Å²) in [5.74, 6) is -0.304. The van der Waals surface area contributed by atoms with Crippen LogP contribution in [0.1, 0.15) is 32.4 Å². The first-order valence-electron chi connectivity index (χ1n) is 8.75. The molecule has 1 aromatic rings. The van der Waals surface area contributed by atoms with E-state index < -0.39 is 11.5 Å². The number of fused-ring (bicyclic) bond motifs is 3. The second-order valence-electron chi connectivity index (χ2n) is 6.81. The molecular formula is C16H20N3O4PS. The highest BCUT2D eigenvalue weighted by Crippen LogP contribution is 2.65. The Balaban J connectivity index is 1.55. The monoisotopic (exact) mass is 382 g/mol. The molecule has 1 N–H and O–H groups in total. The van der Waals surface area contributed by atoms with Crippen molar-refractivity contribution in [2.75, 3.05) is 13.2 Å². The normalized spacial score (nSPS) is 39.2. The molecule has 1 aromatic heterocycles. The molecule has 1 aliphatic heterocycles. The van der Waals surface area contributed by atoms with Gasteiger partial charge in [-0.25, -0.2) is 6.57 Å². The van der Waals surface area contributed by atoms with Crippen molar-refractivity contribution in [3.05, 3.63) is 38.3 Å². The van der Waals surface area contributed by atoms with Crippen molar-refractivity contribution in [1.29, 1.82) is 0 Å². The summed E-state index contributed by atoms with van der Waals surface area (Å²) in [4.78, 5) is 17.7. The molecule has 0 aromatic carbocycles. The van der Waals surface area contributed by atoms with Gasteiger partial charge in [-0.1, -0.05) is 0 Å². The number of hydrogen-bond donors (Lipinski definition) is 1. The van der Waals surface area contributed by atoms with E-state index in [1.807, 2.05) is 0 Å². The number of aromatic amines is 1. The molecule has 1 unspecified atom stereocenters. The first kappa shape index (κ1) is 16.1. The molecule has 2 saturated carbocycles. The van der Waals surface area contributed by atoms with Gasteiger partial charge in [0.25, 0.3) is 5.56 Å². The van der Waals surface area contributed by atoms with Crippen molar-refractivity contribution >= 4 is 21.3 Å². The first-order valence-corrected chi connectivity index (χ1v) is 9.48. The molecule has 0 radical (unpaired) electrons. The third kappa shape index (κ3) is 3.09. The maximum Gasteiger partial charge on any atom is 0.254 e. The third-order valence-corrected chi connectivity index (χ3v) is 6.26.